The Balaban J connectivity index is 2.55. The van der Waals surface area contributed by atoms with E-state index in [-0.39, 0.29) is 12.6 Å². The normalized spacial score (nSPS) is 25.6. The molecule has 1 saturated heterocycles. The molecule has 1 fully saturated rings. The molecule has 18 heavy (non-hydrogen) atoms. The van der Waals surface area contributed by atoms with Gasteiger partial charge in [-0.3, -0.25) is 0 Å². The van der Waals surface area contributed by atoms with Gasteiger partial charge in [-0.2, -0.15) is 0 Å². The molecule has 104 valence electrons. The number of nitrogens with zero attached hydrogens (tertiary/aromatic N) is 1. The first-order valence-corrected chi connectivity index (χ1v) is 6.21. The van der Waals surface area contributed by atoms with Crippen LogP contribution in [-0.2, 0) is 9.53 Å². The summed E-state index contributed by atoms with van der Waals surface area (Å²) >= 11 is 0. The Kier molecular flexibility index (Phi) is 5.40. The van der Waals surface area contributed by atoms with E-state index in [1.807, 2.05) is 0 Å². The van der Waals surface area contributed by atoms with Gasteiger partial charge in [-0.1, -0.05) is 13.8 Å². The number of likely N-dealkylation sites (tertiary alicyclic amines) is 1. The summed E-state index contributed by atoms with van der Waals surface area (Å²) in [5.41, 5.74) is 0. The van der Waals surface area contributed by atoms with Gasteiger partial charge in [0, 0.05) is 20.2 Å². The molecule has 0 bridgehead atoms. The summed E-state index contributed by atoms with van der Waals surface area (Å²) < 4.78 is 4.78. The lowest BCUT2D eigenvalue weighted by atomic mass is 9.92. The number of ether oxygens (including phenoxy) is 1. The van der Waals surface area contributed by atoms with Crippen LogP contribution in [-0.4, -0.2) is 54.9 Å². The Hall–Kier alpha value is -1.30. The number of nitrogens with one attached hydrogen (secondary N) is 1. The largest absolute Gasteiger partial charge is 0.480 e. The van der Waals surface area contributed by atoms with Crippen LogP contribution in [0.2, 0.25) is 0 Å². The second kappa shape index (κ2) is 6.58. The number of aliphatic carboxylic acids is 1. The zero-order valence-corrected chi connectivity index (χ0v) is 11.2. The fourth-order valence-corrected chi connectivity index (χ4v) is 2.41. The predicted molar refractivity (Wildman–Crippen MR) is 66.3 cm³/mol. The van der Waals surface area contributed by atoms with Gasteiger partial charge >= 0.3 is 12.0 Å². The summed E-state index contributed by atoms with van der Waals surface area (Å²) in [5.74, 6) is -0.182. The summed E-state index contributed by atoms with van der Waals surface area (Å²) in [7, 11) is 1.41. The smallest absolute Gasteiger partial charge is 0.328 e. The quantitative estimate of drug-likeness (QED) is 0.780. The van der Waals surface area contributed by atoms with Crippen molar-refractivity contribution >= 4 is 12.0 Å². The molecule has 1 heterocycles. The molecular formula is C12H22N2O4. The maximum Gasteiger partial charge on any atom is 0.328 e. The van der Waals surface area contributed by atoms with Crippen molar-refractivity contribution < 1.29 is 19.4 Å². The summed E-state index contributed by atoms with van der Waals surface area (Å²) in [6.45, 7) is 5.52. The molecular weight excluding hydrogens is 236 g/mol. The average Bonchev–Trinajstić information content (AvgIpc) is 2.26. The molecule has 1 aliphatic rings. The van der Waals surface area contributed by atoms with Gasteiger partial charge in [0.25, 0.3) is 0 Å². The van der Waals surface area contributed by atoms with Gasteiger partial charge in [-0.05, 0) is 18.3 Å². The molecule has 0 aromatic heterocycles. The number of hydrogen-bond donors (Lipinski definition) is 2. The monoisotopic (exact) mass is 258 g/mol. The van der Waals surface area contributed by atoms with Crippen molar-refractivity contribution in [3.8, 4) is 0 Å². The lowest BCUT2D eigenvalue weighted by Gasteiger charge is -2.35. The Morgan fingerprint density at radius 1 is 1.39 bits per heavy atom. The highest BCUT2D eigenvalue weighted by Gasteiger charge is 2.28. The fourth-order valence-electron chi connectivity index (χ4n) is 2.41. The van der Waals surface area contributed by atoms with Gasteiger partial charge in [0.2, 0.25) is 0 Å². The molecule has 0 saturated carbocycles. The van der Waals surface area contributed by atoms with Crippen LogP contribution < -0.4 is 5.32 Å². The number of rotatable bonds is 4. The topological polar surface area (TPSA) is 78.9 Å². The van der Waals surface area contributed by atoms with Crippen LogP contribution in [0.15, 0.2) is 0 Å². The van der Waals surface area contributed by atoms with Gasteiger partial charge in [0.05, 0.1) is 6.61 Å². The number of piperidine rings is 1. The van der Waals surface area contributed by atoms with E-state index in [1.54, 1.807) is 4.90 Å². The molecule has 0 spiro atoms. The Bertz CT molecular complexity index is 298. The third kappa shape index (κ3) is 4.18. The molecule has 0 aromatic carbocycles. The second-order valence-electron chi connectivity index (χ2n) is 5.15. The van der Waals surface area contributed by atoms with Crippen LogP contribution >= 0.6 is 0 Å². The highest BCUT2D eigenvalue weighted by molar-refractivity contribution is 5.82. The Morgan fingerprint density at radius 3 is 2.39 bits per heavy atom. The third-order valence-electron chi connectivity index (χ3n) is 3.09. The van der Waals surface area contributed by atoms with Crippen LogP contribution in [0.4, 0.5) is 4.79 Å². The zero-order chi connectivity index (χ0) is 13.7. The lowest BCUT2D eigenvalue weighted by molar-refractivity contribution is -0.140. The number of urea groups is 1. The van der Waals surface area contributed by atoms with Crippen molar-refractivity contribution in [3.05, 3.63) is 0 Å². The molecule has 0 radical (unpaired) electrons. The first-order chi connectivity index (χ1) is 8.43. The van der Waals surface area contributed by atoms with Crippen molar-refractivity contribution in [2.45, 2.75) is 26.3 Å². The molecule has 3 unspecified atom stereocenters. The van der Waals surface area contributed by atoms with E-state index >= 15 is 0 Å². The molecule has 1 rings (SSSR count). The first kappa shape index (κ1) is 14.8. The number of methoxy groups -OCH3 is 1. The highest BCUT2D eigenvalue weighted by atomic mass is 16.5. The second-order valence-corrected chi connectivity index (χ2v) is 5.15. The van der Waals surface area contributed by atoms with Gasteiger partial charge in [0.15, 0.2) is 6.04 Å². The molecule has 0 aliphatic carbocycles. The van der Waals surface area contributed by atoms with Crippen molar-refractivity contribution in [2.24, 2.45) is 11.8 Å². The molecule has 3 atom stereocenters. The minimum Gasteiger partial charge on any atom is -0.480 e. The number of amides is 2. The zero-order valence-electron chi connectivity index (χ0n) is 11.2. The van der Waals surface area contributed by atoms with Crippen LogP contribution in [0.3, 0.4) is 0 Å². The van der Waals surface area contributed by atoms with Gasteiger partial charge in [-0.25, -0.2) is 9.59 Å². The predicted octanol–water partition coefficient (Wildman–Crippen LogP) is 0.773. The number of carbonyl (C=O) groups excluding carboxylic acids is 1. The lowest BCUT2D eigenvalue weighted by Crippen LogP contribution is -2.53. The van der Waals surface area contributed by atoms with E-state index in [2.05, 4.69) is 19.2 Å². The van der Waals surface area contributed by atoms with Crippen molar-refractivity contribution in [2.75, 3.05) is 26.8 Å². The van der Waals surface area contributed by atoms with Crippen LogP contribution in [0.5, 0.6) is 0 Å². The minimum absolute atomic E-state index is 0.0278. The average molecular weight is 258 g/mol. The van der Waals surface area contributed by atoms with Crippen molar-refractivity contribution in [1.29, 1.82) is 0 Å². The third-order valence-corrected chi connectivity index (χ3v) is 3.09. The molecule has 6 heteroatoms. The molecule has 1 aliphatic heterocycles. The Labute approximate surface area is 107 Å². The SMILES string of the molecule is COCC(NC(=O)N1CC(C)CC(C)C1)C(=O)O. The highest BCUT2D eigenvalue weighted by Crippen LogP contribution is 2.20. The van der Waals surface area contributed by atoms with E-state index in [0.717, 1.165) is 6.42 Å². The number of carbonyl (C=O) groups is 2. The van der Waals surface area contributed by atoms with E-state index in [9.17, 15) is 9.59 Å². The molecule has 6 nitrogen and oxygen atoms in total. The standard InChI is InChI=1S/C12H22N2O4/c1-8-4-9(2)6-14(5-8)12(17)13-10(7-18-3)11(15)16/h8-10H,4-7H2,1-3H3,(H,13,17)(H,15,16). The van der Waals surface area contributed by atoms with E-state index in [1.165, 1.54) is 7.11 Å². The fraction of sp³-hybridized carbons (Fsp3) is 0.833. The minimum atomic E-state index is -1.08. The number of carboxylic acid groups (broad SMARTS) is 1. The number of carboxylic acids is 1. The van der Waals surface area contributed by atoms with Crippen LogP contribution in [0, 0.1) is 11.8 Å². The summed E-state index contributed by atoms with van der Waals surface area (Å²) in [6.07, 6.45) is 1.10. The first-order valence-electron chi connectivity index (χ1n) is 6.21. The summed E-state index contributed by atoms with van der Waals surface area (Å²) in [5, 5.41) is 11.4. The van der Waals surface area contributed by atoms with E-state index in [0.29, 0.717) is 24.9 Å². The van der Waals surface area contributed by atoms with Gasteiger partial charge in [0.1, 0.15) is 0 Å². The molecule has 0 aromatic rings. The van der Waals surface area contributed by atoms with Crippen LogP contribution in [0.1, 0.15) is 20.3 Å². The van der Waals surface area contributed by atoms with Crippen molar-refractivity contribution in [3.63, 3.8) is 0 Å². The van der Waals surface area contributed by atoms with Crippen molar-refractivity contribution in [1.82, 2.24) is 10.2 Å². The Morgan fingerprint density at radius 2 is 1.94 bits per heavy atom. The maximum atomic E-state index is 12.0. The molecule has 2 amide bonds. The summed E-state index contributed by atoms with van der Waals surface area (Å²) in [4.78, 5) is 24.6. The van der Waals surface area contributed by atoms with E-state index < -0.39 is 12.0 Å². The summed E-state index contributed by atoms with van der Waals surface area (Å²) in [6, 6.07) is -1.31. The van der Waals surface area contributed by atoms with Gasteiger partial charge in [-0.15, -0.1) is 0 Å². The number of hydrogen-bond acceptors (Lipinski definition) is 3. The van der Waals surface area contributed by atoms with Gasteiger partial charge < -0.3 is 20.1 Å². The molecule has 2 N–H and O–H groups in total. The maximum absolute atomic E-state index is 12.0. The van der Waals surface area contributed by atoms with Crippen LogP contribution in [0.25, 0.3) is 0 Å². The van der Waals surface area contributed by atoms with E-state index in [4.69, 9.17) is 9.84 Å².